The first-order chi connectivity index (χ1) is 33.9. The first-order valence-electron chi connectivity index (χ1n) is 24.6. The van der Waals surface area contributed by atoms with E-state index in [-0.39, 0.29) is 0 Å². The van der Waals surface area contributed by atoms with E-state index in [1.165, 1.54) is 57.4 Å². The number of alkyl carbamates (subject to hydrolysis) is 1. The van der Waals surface area contributed by atoms with Gasteiger partial charge in [-0.05, 0) is 12.8 Å². The largest absolute Gasteiger partial charge is 0.417 e. The number of nitrogens with one attached hydrogen (secondary N) is 2. The Bertz CT molecular complexity index is 1550. The van der Waals surface area contributed by atoms with Crippen LogP contribution in [0.4, 0.5) is 4.79 Å². The van der Waals surface area contributed by atoms with Gasteiger partial charge in [0.25, 0.3) is 0 Å². The zero-order valence-corrected chi connectivity index (χ0v) is 40.2. The van der Waals surface area contributed by atoms with Gasteiger partial charge in [-0.15, -0.1) is 0 Å². The van der Waals surface area contributed by atoms with E-state index in [0.29, 0.717) is 6.42 Å². The van der Waals surface area contributed by atoms with Crippen molar-refractivity contribution >= 4 is 12.0 Å². The predicted octanol–water partition coefficient (Wildman–Crippen LogP) is -4.89. The van der Waals surface area contributed by atoms with Crippen LogP contribution in [-0.4, -0.2) is 251 Å². The Labute approximate surface area is 412 Å². The summed E-state index contributed by atoms with van der Waals surface area (Å²) in [5.41, 5.74) is 0. The van der Waals surface area contributed by atoms with E-state index >= 15 is 0 Å². The van der Waals surface area contributed by atoms with Crippen LogP contribution in [-0.2, 0) is 42.7 Å². The first kappa shape index (κ1) is 61.2. The van der Waals surface area contributed by atoms with Crippen molar-refractivity contribution in [3.05, 3.63) is 12.2 Å². The molecule has 4 heterocycles. The van der Waals surface area contributed by atoms with Crippen molar-refractivity contribution in [1.29, 1.82) is 0 Å². The van der Waals surface area contributed by atoms with Crippen molar-refractivity contribution in [3.63, 3.8) is 0 Å². The Morgan fingerprint density at radius 2 is 1.03 bits per heavy atom. The van der Waals surface area contributed by atoms with Crippen LogP contribution < -0.4 is 10.6 Å². The molecular weight excluding hydrogens is 952 g/mol. The Kier molecular flexibility index (Phi) is 26.6. The highest BCUT2D eigenvalue weighted by Gasteiger charge is 2.54. The fourth-order valence-corrected chi connectivity index (χ4v) is 8.76. The van der Waals surface area contributed by atoms with Crippen LogP contribution in [0.3, 0.4) is 0 Å². The van der Waals surface area contributed by atoms with Crippen molar-refractivity contribution in [2.24, 2.45) is 0 Å². The van der Waals surface area contributed by atoms with Gasteiger partial charge >= 0.3 is 6.09 Å². The second kappa shape index (κ2) is 30.9. The number of ether oxygens (including phenoxy) is 8. The third-order valence-electron chi connectivity index (χ3n) is 13.0. The van der Waals surface area contributed by atoms with Gasteiger partial charge in [0, 0.05) is 6.92 Å². The second-order valence-electron chi connectivity index (χ2n) is 18.5. The lowest BCUT2D eigenvalue weighted by Gasteiger charge is -2.48. The SMILES string of the molecule is CCCCCCCCCCCCCC=CC(O)C(CO)NC(=O)OC1OC(CO)C(OC2OC(CO)C(OC3OC(COC4OC(CO)C(O)C(O)C4NC(C)=O)C(O)C(O)C3O)C(O)C2O)C(O)C1O. The molecule has 0 aromatic carbocycles. The number of aliphatic hydroxyl groups excluding tert-OH is 14. The molecule has 4 aliphatic rings. The summed E-state index contributed by atoms with van der Waals surface area (Å²) in [6.07, 6.45) is -20.5. The number of hydrogen-bond acceptors (Lipinski definition) is 24. The number of hydrogen-bond donors (Lipinski definition) is 16. The molecule has 0 saturated carbocycles. The molecule has 0 aliphatic carbocycles. The monoisotopic (exact) mass is 1030 g/mol. The van der Waals surface area contributed by atoms with E-state index in [4.69, 9.17) is 37.9 Å². The Hall–Kier alpha value is -2.36. The normalized spacial score (nSPS) is 38.7. The molecule has 2 amide bonds. The summed E-state index contributed by atoms with van der Waals surface area (Å²) in [7, 11) is 0. The van der Waals surface area contributed by atoms with Gasteiger partial charge in [0.1, 0.15) is 97.6 Å². The van der Waals surface area contributed by atoms with E-state index in [1.54, 1.807) is 6.08 Å². The van der Waals surface area contributed by atoms with E-state index < -0.39 is 180 Å². The van der Waals surface area contributed by atoms with Crippen LogP contribution in [0.1, 0.15) is 90.9 Å². The van der Waals surface area contributed by atoms with Gasteiger partial charge < -0.3 is 120 Å². The molecule has 4 fully saturated rings. The van der Waals surface area contributed by atoms with Gasteiger partial charge in [0.2, 0.25) is 12.2 Å². The maximum atomic E-state index is 12.8. The fraction of sp³-hybridized carbons (Fsp3) is 0.911. The molecule has 22 unspecified atom stereocenters. The minimum atomic E-state index is -2.12. The highest BCUT2D eigenvalue weighted by Crippen LogP contribution is 2.33. The molecule has 0 spiro atoms. The minimum absolute atomic E-state index is 0.656. The average molecular weight is 1030 g/mol. The number of aliphatic hydroxyl groups is 14. The maximum absolute atomic E-state index is 12.8. The molecule has 71 heavy (non-hydrogen) atoms. The van der Waals surface area contributed by atoms with Crippen molar-refractivity contribution in [1.82, 2.24) is 10.6 Å². The molecule has 0 bridgehead atoms. The molecule has 4 rings (SSSR count). The minimum Gasteiger partial charge on any atom is -0.417 e. The molecule has 16 N–H and O–H groups in total. The van der Waals surface area contributed by atoms with Crippen molar-refractivity contribution < 1.29 is 119 Å². The molecule has 414 valence electrons. The standard InChI is InChI=1S/C45H80N2O24/c1-3-4-5-6-7-8-9-10-11-12-13-14-15-16-24(53)23(17-48)47-45(63)71-44-38(62)35(59)40(27(20-51)67-44)70-43-37(61)34(58)39(26(19-50)66-43)69-42-36(60)33(57)31(55)28(68-42)21-64-41-29(46-22(2)52)32(56)30(54)25(18-49)65-41/h15-16,23-44,48-51,53-62H,3-14,17-21H2,1-2H3,(H,46,52)(H,47,63). The number of carbonyl (C=O) groups excluding carboxylic acids is 2. The highest BCUT2D eigenvalue weighted by molar-refractivity contribution is 5.73. The molecule has 4 aliphatic heterocycles. The van der Waals surface area contributed by atoms with E-state index in [1.807, 2.05) is 0 Å². The Morgan fingerprint density at radius 3 is 1.55 bits per heavy atom. The van der Waals surface area contributed by atoms with Crippen molar-refractivity contribution in [2.45, 2.75) is 226 Å². The summed E-state index contributed by atoms with van der Waals surface area (Å²) >= 11 is 0. The number of carbonyl (C=O) groups is 2. The number of unbranched alkanes of at least 4 members (excludes halogenated alkanes) is 11. The predicted molar refractivity (Wildman–Crippen MR) is 240 cm³/mol. The van der Waals surface area contributed by atoms with Crippen LogP contribution in [0.15, 0.2) is 12.2 Å². The number of allylic oxidation sites excluding steroid dienone is 1. The van der Waals surface area contributed by atoms with Crippen LogP contribution in [0.5, 0.6) is 0 Å². The van der Waals surface area contributed by atoms with Crippen LogP contribution in [0.2, 0.25) is 0 Å². The van der Waals surface area contributed by atoms with Gasteiger partial charge in [-0.2, -0.15) is 0 Å². The van der Waals surface area contributed by atoms with Gasteiger partial charge in [-0.25, -0.2) is 4.79 Å². The van der Waals surface area contributed by atoms with Gasteiger partial charge in [-0.1, -0.05) is 83.3 Å². The number of amides is 2. The third kappa shape index (κ3) is 17.3. The summed E-state index contributed by atoms with van der Waals surface area (Å²) in [5, 5.41) is 153. The average Bonchev–Trinajstić information content (AvgIpc) is 3.35. The fourth-order valence-electron chi connectivity index (χ4n) is 8.76. The second-order valence-corrected chi connectivity index (χ2v) is 18.5. The van der Waals surface area contributed by atoms with Crippen LogP contribution in [0, 0.1) is 0 Å². The van der Waals surface area contributed by atoms with Gasteiger partial charge in [0.15, 0.2) is 18.9 Å². The summed E-state index contributed by atoms with van der Waals surface area (Å²) in [4.78, 5) is 24.7. The molecule has 0 aromatic heterocycles. The van der Waals surface area contributed by atoms with E-state index in [0.717, 1.165) is 26.2 Å². The Morgan fingerprint density at radius 1 is 0.563 bits per heavy atom. The van der Waals surface area contributed by atoms with Crippen LogP contribution in [0.25, 0.3) is 0 Å². The van der Waals surface area contributed by atoms with E-state index in [9.17, 15) is 81.1 Å². The van der Waals surface area contributed by atoms with Gasteiger partial charge in [0.05, 0.1) is 45.2 Å². The molecule has 26 heteroatoms. The zero-order chi connectivity index (χ0) is 52.4. The van der Waals surface area contributed by atoms with Crippen molar-refractivity contribution in [3.8, 4) is 0 Å². The van der Waals surface area contributed by atoms with Crippen molar-refractivity contribution in [2.75, 3.05) is 33.0 Å². The van der Waals surface area contributed by atoms with Gasteiger partial charge in [-0.3, -0.25) is 4.79 Å². The molecule has 26 nitrogen and oxygen atoms in total. The smallest absolute Gasteiger partial charge is 0.409 e. The Balaban J connectivity index is 1.28. The van der Waals surface area contributed by atoms with Crippen LogP contribution >= 0.6 is 0 Å². The topological polar surface area (TPSA) is 415 Å². The lowest BCUT2D eigenvalue weighted by atomic mass is 9.96. The summed E-state index contributed by atoms with van der Waals surface area (Å²) in [6, 6.07) is -2.63. The van der Waals surface area contributed by atoms with E-state index in [2.05, 4.69) is 17.6 Å². The molecule has 22 atom stereocenters. The molecular formula is C45H80N2O24. The highest BCUT2D eigenvalue weighted by atomic mass is 16.8. The molecule has 4 saturated heterocycles. The lowest BCUT2D eigenvalue weighted by Crippen LogP contribution is -2.67. The third-order valence-corrected chi connectivity index (χ3v) is 13.0. The summed E-state index contributed by atoms with van der Waals surface area (Å²) in [5.74, 6) is -0.656. The first-order valence-corrected chi connectivity index (χ1v) is 24.6. The summed E-state index contributed by atoms with van der Waals surface area (Å²) < 4.78 is 44.4. The molecule has 0 radical (unpaired) electrons. The quantitative estimate of drug-likeness (QED) is 0.0258. The number of rotatable bonds is 28. The maximum Gasteiger partial charge on any atom is 0.409 e. The summed E-state index contributed by atoms with van der Waals surface area (Å²) in [6.45, 7) is -0.791. The lowest BCUT2D eigenvalue weighted by molar-refractivity contribution is -0.379. The molecule has 0 aromatic rings. The zero-order valence-electron chi connectivity index (χ0n) is 40.2.